The second-order valence-electron chi connectivity index (χ2n) is 37.9. The molecule has 7 heterocycles. The second kappa shape index (κ2) is 31.1. The molecule has 10 N–H and O–H groups in total. The van der Waals surface area contributed by atoms with Crippen LogP contribution in [0.25, 0.3) is 68.6 Å². The molecule has 116 heavy (non-hydrogen) atoms. The zero-order chi connectivity index (χ0) is 82.0. The number of aromatic nitrogens is 4. The van der Waals surface area contributed by atoms with E-state index in [1.807, 2.05) is 0 Å². The number of halogens is 10. The van der Waals surface area contributed by atoms with E-state index in [-0.39, 0.29) is 104 Å². The van der Waals surface area contributed by atoms with Gasteiger partial charge in [-0.1, -0.05) is 41.5 Å². The van der Waals surface area contributed by atoms with E-state index in [1.54, 1.807) is 24.3 Å². The zero-order valence-electron chi connectivity index (χ0n) is 66.3. The van der Waals surface area contributed by atoms with E-state index >= 15 is 43.9 Å². The van der Waals surface area contributed by atoms with E-state index < -0.39 is 155 Å². The van der Waals surface area contributed by atoms with Gasteiger partial charge in [-0.15, -0.1) is 0 Å². The van der Waals surface area contributed by atoms with Crippen LogP contribution in [0.2, 0.25) is 0 Å². The number of aliphatic hydroxyl groups excluding tert-OH is 8. The van der Waals surface area contributed by atoms with Crippen molar-refractivity contribution in [3.8, 4) is 22.3 Å². The molecule has 10 fully saturated rings. The van der Waals surface area contributed by atoms with Crippen molar-refractivity contribution in [1.82, 2.24) is 19.9 Å². The fraction of sp³-hybridized carbons (Fsp3) is 0.644. The molecule has 16 nitrogen and oxygen atoms in total. The van der Waals surface area contributed by atoms with Gasteiger partial charge in [-0.25, -0.2) is 53.9 Å². The molecular weight excluding hydrogens is 1520 g/mol. The number of aliphatic hydroxyl groups is 8. The van der Waals surface area contributed by atoms with Crippen LogP contribution in [0.4, 0.5) is 43.9 Å². The van der Waals surface area contributed by atoms with Crippen LogP contribution < -0.4 is 0 Å². The molecule has 8 bridgehead atoms. The van der Waals surface area contributed by atoms with Gasteiger partial charge >= 0.3 is 0 Å². The minimum atomic E-state index is -2.35. The Bertz CT molecular complexity index is 4640. The lowest BCUT2D eigenvalue weighted by Crippen LogP contribution is -2.60. The summed E-state index contributed by atoms with van der Waals surface area (Å²) in [6.45, 7) is 13.0. The maximum atomic E-state index is 16.8. The Kier molecular flexibility index (Phi) is 22.0. The number of H-pyrrole nitrogens is 2. The van der Waals surface area contributed by atoms with Crippen molar-refractivity contribution in [2.24, 2.45) is 92.7 Å². The molecule has 630 valence electrons. The minimum absolute atomic E-state index is 0.00629. The first-order valence-electron chi connectivity index (χ1n) is 42.4. The lowest BCUT2D eigenvalue weighted by molar-refractivity contribution is -0.316. The Balaban J connectivity index is 0.686. The summed E-state index contributed by atoms with van der Waals surface area (Å²) in [4.78, 5) is 16.6. The first-order chi connectivity index (χ1) is 55.3. The van der Waals surface area contributed by atoms with Crippen LogP contribution >= 0.6 is 0 Å². The number of rotatable bonds is 16. The van der Waals surface area contributed by atoms with Crippen molar-refractivity contribution in [2.45, 2.75) is 256 Å². The van der Waals surface area contributed by atoms with Crippen LogP contribution in [0.1, 0.15) is 204 Å². The van der Waals surface area contributed by atoms with E-state index in [1.165, 1.54) is 24.3 Å². The summed E-state index contributed by atoms with van der Waals surface area (Å²) in [5.41, 5.74) is -2.07. The largest absolute Gasteiger partial charge is 0.394 e. The number of benzene rings is 2. The Morgan fingerprint density at radius 1 is 0.397 bits per heavy atom. The summed E-state index contributed by atoms with van der Waals surface area (Å²) < 4.78 is 185. The zero-order valence-corrected chi connectivity index (χ0v) is 66.3. The van der Waals surface area contributed by atoms with Gasteiger partial charge in [-0.3, -0.25) is 0 Å². The van der Waals surface area contributed by atoms with Crippen LogP contribution in [0.5, 0.6) is 0 Å². The number of aryl methyl sites for hydroxylation is 1. The van der Waals surface area contributed by atoms with Crippen LogP contribution in [0, 0.1) is 151 Å². The van der Waals surface area contributed by atoms with Crippen LogP contribution in [-0.4, -0.2) is 148 Å². The van der Waals surface area contributed by atoms with E-state index in [4.69, 9.17) is 28.9 Å². The van der Waals surface area contributed by atoms with E-state index in [9.17, 15) is 40.9 Å². The van der Waals surface area contributed by atoms with E-state index in [0.29, 0.717) is 95.2 Å². The van der Waals surface area contributed by atoms with Crippen LogP contribution in [0.15, 0.2) is 24.3 Å². The summed E-state index contributed by atoms with van der Waals surface area (Å²) >= 11 is 0. The fourth-order valence-corrected chi connectivity index (χ4v) is 26.5. The van der Waals surface area contributed by atoms with Crippen molar-refractivity contribution in [2.75, 3.05) is 13.2 Å². The number of nitrogens with zero attached hydrogens (tertiary/aromatic N) is 2. The Morgan fingerprint density at radius 2 is 0.741 bits per heavy atom. The molecule has 3 aromatic heterocycles. The highest BCUT2D eigenvalue weighted by atomic mass is 19.2. The van der Waals surface area contributed by atoms with Crippen molar-refractivity contribution in [1.29, 1.82) is 0 Å². The Morgan fingerprint density at radius 3 is 1.13 bits per heavy atom. The van der Waals surface area contributed by atoms with Gasteiger partial charge in [-0.2, -0.15) is 0 Å². The molecule has 0 unspecified atom stereocenters. The molecule has 0 radical (unpaired) electrons. The Labute approximate surface area is 667 Å². The molecule has 28 atom stereocenters. The topological polar surface area (TPSA) is 256 Å². The predicted molar refractivity (Wildman–Crippen MR) is 412 cm³/mol. The lowest BCUT2D eigenvalue weighted by Gasteiger charge is -2.61. The monoisotopic (exact) mass is 1630 g/mol. The van der Waals surface area contributed by atoms with Crippen molar-refractivity contribution < 1.29 is 104 Å². The van der Waals surface area contributed by atoms with Crippen LogP contribution in [0.3, 0.4) is 0 Å². The number of hydrogen-bond donors (Lipinski definition) is 10. The summed E-state index contributed by atoms with van der Waals surface area (Å²) in [6.07, 6.45) is 9.83. The smallest absolute Gasteiger partial charge is 0.200 e. The molecule has 2 saturated heterocycles. The normalized spacial score (nSPS) is 38.4. The third-order valence-corrected chi connectivity index (χ3v) is 32.7. The number of fused-ring (bicyclic) bond motifs is 18. The highest BCUT2D eigenvalue weighted by molar-refractivity contribution is 5.95. The summed E-state index contributed by atoms with van der Waals surface area (Å²) in [7, 11) is 0. The highest BCUT2D eigenvalue weighted by Gasteiger charge is 2.64. The summed E-state index contributed by atoms with van der Waals surface area (Å²) in [5, 5.41) is 83.3. The van der Waals surface area contributed by atoms with Gasteiger partial charge in [0.2, 0.25) is 11.6 Å². The molecule has 12 aliphatic rings. The summed E-state index contributed by atoms with van der Waals surface area (Å²) in [6, 6.07) is 6.14. The molecular formula is C90H108F10N4O12. The maximum absolute atomic E-state index is 16.8. The van der Waals surface area contributed by atoms with Crippen molar-refractivity contribution >= 4 is 46.4 Å². The quantitative estimate of drug-likeness (QED) is 0.0187. The first kappa shape index (κ1) is 82.2. The second-order valence-corrected chi connectivity index (χ2v) is 37.9. The third-order valence-electron chi connectivity index (χ3n) is 32.7. The highest BCUT2D eigenvalue weighted by Crippen LogP contribution is 2.71. The first-order valence-corrected chi connectivity index (χ1v) is 42.4. The molecule has 8 aliphatic carbocycles. The van der Waals surface area contributed by atoms with Gasteiger partial charge in [0.15, 0.2) is 59.1 Å². The lowest BCUT2D eigenvalue weighted by atomic mass is 9.44. The predicted octanol–water partition coefficient (Wildman–Crippen LogP) is 16.2. The van der Waals surface area contributed by atoms with E-state index in [2.05, 4.69) is 51.5 Å². The molecule has 0 amide bonds. The van der Waals surface area contributed by atoms with Gasteiger partial charge in [-0.05, 0) is 288 Å². The number of nitrogens with one attached hydrogen (secondary N) is 2. The third kappa shape index (κ3) is 13.3. The molecule has 0 spiro atoms. The average Bonchev–Trinajstić information content (AvgIpc) is 1.42. The molecule has 4 aliphatic heterocycles. The van der Waals surface area contributed by atoms with Crippen LogP contribution in [-0.2, 0) is 31.8 Å². The molecule has 17 rings (SSSR count). The fourth-order valence-electron chi connectivity index (χ4n) is 26.5. The van der Waals surface area contributed by atoms with Gasteiger partial charge in [0.05, 0.1) is 59.3 Å². The molecule has 2 aromatic carbocycles. The number of aromatic amines is 2. The Hall–Kier alpha value is -6.14. The number of hydrogen-bond acceptors (Lipinski definition) is 14. The van der Waals surface area contributed by atoms with Gasteiger partial charge < -0.3 is 69.8 Å². The number of ether oxygens (including phenoxy) is 4. The standard InChI is InChI=1S/C90H108F10N4O12/c1-39(49-15-17-51-45-13-9-41-35-43(27-31-87(41,3)53(45)29-33-89(49,51)5)113-85-83(111)81(109)79(107)63(37-105)115-85)7-11-47-55-19-23-59(101-55)65(67-69(91)73(95)77(99)74(96)70(67)92)61-25-21-57(103-61)48(58-22-26-62(104-58)66(60-24-20-56(47)102-60)68-71(93)75(97)78(100)76(98)72(68)94)12-8-40(2)50-16-18-52-46-14-10-42-36-44(28-32-88(42,4)54(46)30-34-90(50,52)6)114-86-84(112)82(110)80(108)64(38-106)116-86/h19-26,39-46,49-54,63-64,79-86,101-102,105-112H,7-18,27-38H2,1-6H3/t39-,40-,41-,42-,43-,44-,45+,46+,49-,50-,51+,52+,53+,54+,63-,64-,79-,80-,81+,82+,83-,84-,85-,86-,87+,88+,89-,90-/m1/s1. The van der Waals surface area contributed by atoms with Crippen molar-refractivity contribution in [3.05, 3.63) is 116 Å². The van der Waals surface area contributed by atoms with Crippen molar-refractivity contribution in [3.63, 3.8) is 0 Å². The average molecular weight is 1630 g/mol. The van der Waals surface area contributed by atoms with Gasteiger partial charge in [0, 0.05) is 38.8 Å². The SMILES string of the molecule is C[C@H](CCc1c2nc(c(-c3c(F)c(F)c(F)c(F)c3F)c3ccc([nH]3)c(CC[C@@H](C)[C@H]3CC[C@H]4[C@@H]5CC[C@@H]6C[C@H](O[C@@H]7O[C@H](CO)[C@@H](O)[C@H](O)[C@H]7O)CC[C@]6(C)[C@H]5CC[C@]34C)c3ccc([nH]3)c(-c3c(F)c(F)c(F)c(F)c3F)c3nc1C=C3)C=C2)[C@H]1CC[C@H]2[C@@H]3CC[C@@H]4C[C@H](O[C@@H]5O[C@H](CO)[C@@H](O)[C@H](O)[C@H]5O)CC[C@]4(C)[C@H]3CC[C@]12C. The van der Waals surface area contributed by atoms with Gasteiger partial charge in [0.25, 0.3) is 0 Å². The molecule has 26 heteroatoms. The van der Waals surface area contributed by atoms with E-state index in [0.717, 1.165) is 103 Å². The molecule has 5 aromatic rings. The van der Waals surface area contributed by atoms with Gasteiger partial charge in [0.1, 0.15) is 48.8 Å². The summed E-state index contributed by atoms with van der Waals surface area (Å²) in [5.74, 6) is -17.9. The maximum Gasteiger partial charge on any atom is 0.200 e. The minimum Gasteiger partial charge on any atom is -0.394 e. The molecule has 8 saturated carbocycles.